The van der Waals surface area contributed by atoms with Crippen molar-refractivity contribution in [3.63, 3.8) is 0 Å². The van der Waals surface area contributed by atoms with Crippen molar-refractivity contribution in [3.8, 4) is 5.75 Å². The lowest BCUT2D eigenvalue weighted by molar-refractivity contribution is -0.130. The molecule has 1 unspecified atom stereocenters. The summed E-state index contributed by atoms with van der Waals surface area (Å²) in [5, 5.41) is 10.7. The van der Waals surface area contributed by atoms with E-state index in [1.54, 1.807) is 36.7 Å². The molecule has 0 saturated heterocycles. The summed E-state index contributed by atoms with van der Waals surface area (Å²) in [4.78, 5) is 31.9. The van der Waals surface area contributed by atoms with E-state index in [9.17, 15) is 14.7 Å². The first-order valence-corrected chi connectivity index (χ1v) is 10.7. The number of allylic oxidation sites excluding steroid dienone is 1. The summed E-state index contributed by atoms with van der Waals surface area (Å²) in [6, 6.07) is 19.5. The molecule has 0 radical (unpaired) electrons. The maximum absolute atomic E-state index is 13.2. The number of amides is 1. The average Bonchev–Trinajstić information content (AvgIpc) is 3.09. The summed E-state index contributed by atoms with van der Waals surface area (Å²) in [6.07, 6.45) is 6.38. The number of carbonyl (C=O) groups is 2. The molecule has 1 atom stereocenters. The molecule has 0 bridgehead atoms. The molecule has 1 N–H and O–H groups in total. The number of hydrogen-bond acceptors (Lipinski definition) is 5. The second-order valence-corrected chi connectivity index (χ2v) is 7.57. The molecule has 0 saturated carbocycles. The highest BCUT2D eigenvalue weighted by atomic mass is 16.5. The van der Waals surface area contributed by atoms with E-state index in [0.29, 0.717) is 17.9 Å². The van der Waals surface area contributed by atoms with E-state index in [0.717, 1.165) is 11.1 Å². The molecule has 166 valence electrons. The van der Waals surface area contributed by atoms with Crippen LogP contribution >= 0.6 is 0 Å². The van der Waals surface area contributed by atoms with Crippen LogP contribution in [0.1, 0.15) is 29.7 Å². The SMILES string of the molecule is CCOc1ccc(C2C(C(=O)/C=C/c3ccccc3)=C(O)C(=O)N2Cc2cccnc2)cc1. The molecule has 4 rings (SSSR count). The highest BCUT2D eigenvalue weighted by Gasteiger charge is 2.42. The smallest absolute Gasteiger partial charge is 0.290 e. The second kappa shape index (κ2) is 9.96. The fourth-order valence-electron chi connectivity index (χ4n) is 3.84. The summed E-state index contributed by atoms with van der Waals surface area (Å²) in [7, 11) is 0. The maximum Gasteiger partial charge on any atom is 0.290 e. The average molecular weight is 440 g/mol. The molecule has 0 spiro atoms. The zero-order chi connectivity index (χ0) is 23.2. The number of nitrogens with zero attached hydrogens (tertiary/aromatic N) is 2. The number of benzene rings is 2. The molecule has 1 aliphatic rings. The Hall–Kier alpha value is -4.19. The number of ether oxygens (including phenoxy) is 1. The van der Waals surface area contributed by atoms with E-state index in [4.69, 9.17) is 4.74 Å². The van der Waals surface area contributed by atoms with Crippen LogP contribution in [-0.2, 0) is 16.1 Å². The van der Waals surface area contributed by atoms with Crippen LogP contribution in [0.3, 0.4) is 0 Å². The standard InChI is InChI=1S/C27H24N2O4/c1-2-33-22-13-11-21(12-14-22)25-24(23(30)15-10-19-7-4-3-5-8-19)26(31)27(32)29(25)18-20-9-6-16-28-17-20/h3-17,25,31H,2,18H2,1H3/b15-10+. The van der Waals surface area contributed by atoms with Crippen molar-refractivity contribution in [1.82, 2.24) is 9.88 Å². The molecule has 1 amide bonds. The predicted molar refractivity (Wildman–Crippen MR) is 125 cm³/mol. The minimum atomic E-state index is -0.735. The molecule has 2 aromatic carbocycles. The fourth-order valence-corrected chi connectivity index (χ4v) is 3.84. The van der Waals surface area contributed by atoms with Crippen molar-refractivity contribution in [1.29, 1.82) is 0 Å². The minimum absolute atomic E-state index is 0.0558. The minimum Gasteiger partial charge on any atom is -0.503 e. The normalized spacial score (nSPS) is 16.0. The Labute approximate surface area is 192 Å². The molecular formula is C27H24N2O4. The molecule has 6 nitrogen and oxygen atoms in total. The number of aromatic nitrogens is 1. The van der Waals surface area contributed by atoms with Crippen LogP contribution in [-0.4, -0.2) is 33.3 Å². The van der Waals surface area contributed by atoms with Crippen LogP contribution in [0, 0.1) is 0 Å². The lowest BCUT2D eigenvalue weighted by Crippen LogP contribution is -2.30. The van der Waals surface area contributed by atoms with Gasteiger partial charge in [-0.3, -0.25) is 14.6 Å². The van der Waals surface area contributed by atoms with E-state index >= 15 is 0 Å². The van der Waals surface area contributed by atoms with E-state index in [2.05, 4.69) is 4.98 Å². The zero-order valence-corrected chi connectivity index (χ0v) is 18.2. The van der Waals surface area contributed by atoms with Gasteiger partial charge in [-0.15, -0.1) is 0 Å². The summed E-state index contributed by atoms with van der Waals surface area (Å²) in [5.41, 5.74) is 2.40. The van der Waals surface area contributed by atoms with Gasteiger partial charge in [-0.05, 0) is 47.9 Å². The van der Waals surface area contributed by atoms with Gasteiger partial charge in [0.1, 0.15) is 5.75 Å². The Morgan fingerprint density at radius 3 is 2.52 bits per heavy atom. The van der Waals surface area contributed by atoms with Gasteiger partial charge in [-0.1, -0.05) is 54.6 Å². The van der Waals surface area contributed by atoms with Crippen LogP contribution in [0.4, 0.5) is 0 Å². The predicted octanol–water partition coefficient (Wildman–Crippen LogP) is 4.66. The molecular weight excluding hydrogens is 416 g/mol. The van der Waals surface area contributed by atoms with Crippen molar-refractivity contribution >= 4 is 17.8 Å². The van der Waals surface area contributed by atoms with Gasteiger partial charge in [0, 0.05) is 18.9 Å². The lowest BCUT2D eigenvalue weighted by atomic mass is 9.95. The van der Waals surface area contributed by atoms with Gasteiger partial charge in [0.2, 0.25) is 0 Å². The zero-order valence-electron chi connectivity index (χ0n) is 18.2. The van der Waals surface area contributed by atoms with Gasteiger partial charge >= 0.3 is 0 Å². The first-order valence-electron chi connectivity index (χ1n) is 10.7. The van der Waals surface area contributed by atoms with Crippen LogP contribution in [0.2, 0.25) is 0 Å². The molecule has 2 heterocycles. The van der Waals surface area contributed by atoms with Gasteiger partial charge in [0.05, 0.1) is 18.2 Å². The summed E-state index contributed by atoms with van der Waals surface area (Å²) in [5.74, 6) is -0.846. The van der Waals surface area contributed by atoms with Crippen molar-refractivity contribution in [2.75, 3.05) is 6.61 Å². The van der Waals surface area contributed by atoms with Crippen molar-refractivity contribution in [2.45, 2.75) is 19.5 Å². The van der Waals surface area contributed by atoms with Gasteiger partial charge in [0.25, 0.3) is 5.91 Å². The van der Waals surface area contributed by atoms with Gasteiger partial charge in [0.15, 0.2) is 11.5 Å². The molecule has 0 aliphatic carbocycles. The first-order chi connectivity index (χ1) is 16.1. The second-order valence-electron chi connectivity index (χ2n) is 7.57. The monoisotopic (exact) mass is 440 g/mol. The molecule has 1 aliphatic heterocycles. The third kappa shape index (κ3) is 4.85. The number of rotatable bonds is 8. The van der Waals surface area contributed by atoms with Gasteiger partial charge in [-0.2, -0.15) is 0 Å². The van der Waals surface area contributed by atoms with E-state index in [-0.39, 0.29) is 12.1 Å². The Morgan fingerprint density at radius 2 is 1.85 bits per heavy atom. The molecule has 33 heavy (non-hydrogen) atoms. The fraction of sp³-hybridized carbons (Fsp3) is 0.148. The Kier molecular flexibility index (Phi) is 6.64. The maximum atomic E-state index is 13.2. The van der Waals surface area contributed by atoms with E-state index in [1.165, 1.54) is 11.0 Å². The van der Waals surface area contributed by atoms with Gasteiger partial charge in [-0.25, -0.2) is 0 Å². The third-order valence-corrected chi connectivity index (χ3v) is 5.38. The van der Waals surface area contributed by atoms with E-state index in [1.807, 2.05) is 55.5 Å². The molecule has 0 fully saturated rings. The number of pyridine rings is 1. The van der Waals surface area contributed by atoms with Crippen LogP contribution in [0.25, 0.3) is 6.08 Å². The lowest BCUT2D eigenvalue weighted by Gasteiger charge is -2.26. The van der Waals surface area contributed by atoms with Crippen molar-refractivity contribution < 1.29 is 19.4 Å². The third-order valence-electron chi connectivity index (χ3n) is 5.38. The number of ketones is 1. The number of aliphatic hydroxyl groups excluding tert-OH is 1. The molecule has 1 aromatic heterocycles. The van der Waals surface area contributed by atoms with Crippen LogP contribution in [0.5, 0.6) is 5.75 Å². The van der Waals surface area contributed by atoms with Crippen molar-refractivity contribution in [3.05, 3.63) is 113 Å². The topological polar surface area (TPSA) is 79.7 Å². The quantitative estimate of drug-likeness (QED) is 0.516. The van der Waals surface area contributed by atoms with Gasteiger partial charge < -0.3 is 14.7 Å². The Balaban J connectivity index is 1.71. The number of hydrogen-bond donors (Lipinski definition) is 1. The summed E-state index contributed by atoms with van der Waals surface area (Å²) < 4.78 is 5.52. The summed E-state index contributed by atoms with van der Waals surface area (Å²) >= 11 is 0. The van der Waals surface area contributed by atoms with Crippen LogP contribution < -0.4 is 4.74 Å². The molecule has 3 aromatic rings. The largest absolute Gasteiger partial charge is 0.503 e. The first kappa shape index (κ1) is 22.0. The highest BCUT2D eigenvalue weighted by Crippen LogP contribution is 2.39. The highest BCUT2D eigenvalue weighted by molar-refractivity contribution is 6.14. The number of carbonyl (C=O) groups excluding carboxylic acids is 2. The van der Waals surface area contributed by atoms with Crippen LogP contribution in [0.15, 0.2) is 96.5 Å². The number of aliphatic hydroxyl groups is 1. The van der Waals surface area contributed by atoms with Crippen molar-refractivity contribution in [2.24, 2.45) is 0 Å². The van der Waals surface area contributed by atoms with E-state index < -0.39 is 23.5 Å². The Morgan fingerprint density at radius 1 is 1.09 bits per heavy atom. The Bertz CT molecular complexity index is 1190. The summed E-state index contributed by atoms with van der Waals surface area (Å²) in [6.45, 7) is 2.63. The molecule has 6 heteroatoms.